The van der Waals surface area contributed by atoms with Crippen LogP contribution in [0.25, 0.3) is 0 Å². The summed E-state index contributed by atoms with van der Waals surface area (Å²) >= 11 is 2.27. The van der Waals surface area contributed by atoms with E-state index in [4.69, 9.17) is 9.47 Å². The molecule has 2 aromatic carbocycles. The molecule has 7 heteroatoms. The number of ether oxygens (including phenoxy) is 2. The Balaban J connectivity index is 1.64. The second-order valence-electron chi connectivity index (χ2n) is 6.43. The number of benzene rings is 2. The Labute approximate surface area is 188 Å². The molecule has 0 radical (unpaired) electrons. The molecule has 30 heavy (non-hydrogen) atoms. The van der Waals surface area contributed by atoms with Crippen molar-refractivity contribution in [3.8, 4) is 5.75 Å². The highest BCUT2D eigenvalue weighted by Crippen LogP contribution is 2.17. The standard InChI is InChI=1S/C23H21IN2O4/c1-2-29-23(27)18-11-12-25-21(14-18)22(26-28)13-16-5-9-20(10-6-16)30-15-17-3-7-19(24)8-4-17/h3-12,14,28H,2,13,15H2,1H3/b26-22+. The fourth-order valence-electron chi connectivity index (χ4n) is 2.75. The summed E-state index contributed by atoms with van der Waals surface area (Å²) in [5.41, 5.74) is 3.16. The van der Waals surface area contributed by atoms with Crippen molar-refractivity contribution in [3.63, 3.8) is 0 Å². The van der Waals surface area contributed by atoms with Gasteiger partial charge in [-0.25, -0.2) is 4.79 Å². The topological polar surface area (TPSA) is 81.0 Å². The molecule has 0 amide bonds. The summed E-state index contributed by atoms with van der Waals surface area (Å²) in [5.74, 6) is 0.315. The fourth-order valence-corrected chi connectivity index (χ4v) is 3.11. The number of rotatable bonds is 8. The number of hydrogen-bond acceptors (Lipinski definition) is 6. The number of halogens is 1. The molecule has 154 valence electrons. The predicted octanol–water partition coefficient (Wildman–Crippen LogP) is 4.86. The Kier molecular flexibility index (Phi) is 7.78. The van der Waals surface area contributed by atoms with Crippen molar-refractivity contribution in [3.05, 3.63) is 92.8 Å². The van der Waals surface area contributed by atoms with Gasteiger partial charge in [0, 0.05) is 16.2 Å². The quantitative estimate of drug-likeness (QED) is 0.152. The van der Waals surface area contributed by atoms with Crippen molar-refractivity contribution in [1.29, 1.82) is 0 Å². The van der Waals surface area contributed by atoms with Crippen LogP contribution in [0.3, 0.4) is 0 Å². The summed E-state index contributed by atoms with van der Waals surface area (Å²) in [6, 6.07) is 18.9. The van der Waals surface area contributed by atoms with Gasteiger partial charge in [0.2, 0.25) is 0 Å². The lowest BCUT2D eigenvalue weighted by Gasteiger charge is -2.09. The Bertz CT molecular complexity index is 1020. The highest BCUT2D eigenvalue weighted by molar-refractivity contribution is 14.1. The third kappa shape index (κ3) is 6.03. The molecule has 3 rings (SSSR count). The lowest BCUT2D eigenvalue weighted by atomic mass is 10.0. The van der Waals surface area contributed by atoms with Gasteiger partial charge in [-0.3, -0.25) is 4.98 Å². The van der Waals surface area contributed by atoms with E-state index in [1.165, 1.54) is 9.77 Å². The maximum absolute atomic E-state index is 11.9. The average Bonchev–Trinajstić information content (AvgIpc) is 2.78. The molecule has 6 nitrogen and oxygen atoms in total. The number of hydrogen-bond donors (Lipinski definition) is 1. The molecule has 0 aliphatic heterocycles. The second-order valence-corrected chi connectivity index (χ2v) is 7.68. The lowest BCUT2D eigenvalue weighted by Crippen LogP contribution is -2.11. The molecule has 0 unspecified atom stereocenters. The van der Waals surface area contributed by atoms with Gasteiger partial charge in [0.25, 0.3) is 0 Å². The van der Waals surface area contributed by atoms with E-state index in [2.05, 4.69) is 32.7 Å². The van der Waals surface area contributed by atoms with E-state index in [1.807, 2.05) is 48.5 Å². The number of oxime groups is 1. The summed E-state index contributed by atoms with van der Waals surface area (Å²) in [6.45, 7) is 2.52. The smallest absolute Gasteiger partial charge is 0.338 e. The van der Waals surface area contributed by atoms with Crippen LogP contribution in [0.2, 0.25) is 0 Å². The van der Waals surface area contributed by atoms with Gasteiger partial charge in [0.15, 0.2) is 0 Å². The average molecular weight is 516 g/mol. The molecule has 0 atom stereocenters. The normalized spacial score (nSPS) is 11.2. The fraction of sp³-hybridized carbons (Fsp3) is 0.174. The molecule has 0 saturated carbocycles. The minimum atomic E-state index is -0.437. The van der Waals surface area contributed by atoms with E-state index in [1.54, 1.807) is 19.1 Å². The second kappa shape index (κ2) is 10.7. The van der Waals surface area contributed by atoms with Crippen LogP contribution >= 0.6 is 22.6 Å². The molecule has 1 N–H and O–H groups in total. The number of pyridine rings is 1. The van der Waals surface area contributed by atoms with Crippen LogP contribution in [0, 0.1) is 3.57 Å². The first-order valence-electron chi connectivity index (χ1n) is 9.39. The number of carbonyl (C=O) groups is 1. The molecule has 0 aliphatic rings. The summed E-state index contributed by atoms with van der Waals surface area (Å²) in [7, 11) is 0. The molecular formula is C23H21IN2O4. The zero-order valence-electron chi connectivity index (χ0n) is 16.4. The van der Waals surface area contributed by atoms with Gasteiger partial charge in [-0.15, -0.1) is 0 Å². The van der Waals surface area contributed by atoms with Gasteiger partial charge < -0.3 is 14.7 Å². The maximum Gasteiger partial charge on any atom is 0.338 e. The third-order valence-electron chi connectivity index (χ3n) is 4.30. The van der Waals surface area contributed by atoms with Gasteiger partial charge in [-0.1, -0.05) is 29.4 Å². The Morgan fingerprint density at radius 2 is 1.77 bits per heavy atom. The van der Waals surface area contributed by atoms with E-state index < -0.39 is 5.97 Å². The zero-order valence-corrected chi connectivity index (χ0v) is 18.6. The third-order valence-corrected chi connectivity index (χ3v) is 5.02. The van der Waals surface area contributed by atoms with Crippen molar-refractivity contribution in [2.24, 2.45) is 5.16 Å². The van der Waals surface area contributed by atoms with Gasteiger partial charge >= 0.3 is 5.97 Å². The maximum atomic E-state index is 11.9. The highest BCUT2D eigenvalue weighted by Gasteiger charge is 2.13. The number of aromatic nitrogens is 1. The van der Waals surface area contributed by atoms with Crippen LogP contribution in [0.4, 0.5) is 0 Å². The van der Waals surface area contributed by atoms with Crippen molar-refractivity contribution < 1.29 is 19.5 Å². The van der Waals surface area contributed by atoms with Crippen LogP contribution in [0.15, 0.2) is 72.0 Å². The Hall–Kier alpha value is -2.94. The zero-order chi connectivity index (χ0) is 21.3. The number of carbonyl (C=O) groups excluding carboxylic acids is 1. The van der Waals surface area contributed by atoms with Crippen molar-refractivity contribution >= 4 is 34.3 Å². The van der Waals surface area contributed by atoms with Gasteiger partial charge in [0.1, 0.15) is 18.1 Å². The van der Waals surface area contributed by atoms with Crippen LogP contribution in [0.5, 0.6) is 5.75 Å². The Morgan fingerprint density at radius 3 is 2.43 bits per heavy atom. The van der Waals surface area contributed by atoms with Gasteiger partial charge in [0.05, 0.1) is 17.9 Å². The summed E-state index contributed by atoms with van der Waals surface area (Å²) in [6.07, 6.45) is 1.85. The molecule has 3 aromatic rings. The molecule has 0 aliphatic carbocycles. The minimum absolute atomic E-state index is 0.287. The molecule has 0 spiro atoms. The minimum Gasteiger partial charge on any atom is -0.489 e. The first-order valence-corrected chi connectivity index (χ1v) is 10.5. The van der Waals surface area contributed by atoms with Crippen molar-refractivity contribution in [2.45, 2.75) is 20.0 Å². The highest BCUT2D eigenvalue weighted by atomic mass is 127. The number of esters is 1. The molecular weight excluding hydrogens is 495 g/mol. The summed E-state index contributed by atoms with van der Waals surface area (Å²) < 4.78 is 12.0. The first-order chi connectivity index (χ1) is 14.6. The summed E-state index contributed by atoms with van der Waals surface area (Å²) in [4.78, 5) is 16.1. The monoisotopic (exact) mass is 516 g/mol. The van der Waals surface area contributed by atoms with Gasteiger partial charge in [-0.2, -0.15) is 0 Å². The summed E-state index contributed by atoms with van der Waals surface area (Å²) in [5, 5.41) is 12.8. The van der Waals surface area contributed by atoms with Crippen LogP contribution in [0.1, 0.15) is 34.1 Å². The van der Waals surface area contributed by atoms with Crippen molar-refractivity contribution in [2.75, 3.05) is 6.61 Å². The van der Waals surface area contributed by atoms with Crippen molar-refractivity contribution in [1.82, 2.24) is 4.98 Å². The van der Waals surface area contributed by atoms with E-state index >= 15 is 0 Å². The Morgan fingerprint density at radius 1 is 1.07 bits per heavy atom. The molecule has 0 fully saturated rings. The predicted molar refractivity (Wildman–Crippen MR) is 122 cm³/mol. The molecule has 1 aromatic heterocycles. The van der Waals surface area contributed by atoms with E-state index in [0.717, 1.165) is 16.9 Å². The lowest BCUT2D eigenvalue weighted by molar-refractivity contribution is 0.0526. The van der Waals surface area contributed by atoms with Crippen LogP contribution in [-0.2, 0) is 17.8 Å². The van der Waals surface area contributed by atoms with E-state index in [9.17, 15) is 10.0 Å². The SMILES string of the molecule is CCOC(=O)c1ccnc(/C(Cc2ccc(OCc3ccc(I)cc3)cc2)=N/O)c1. The van der Waals surface area contributed by atoms with E-state index in [-0.39, 0.29) is 6.61 Å². The van der Waals surface area contributed by atoms with Gasteiger partial charge in [-0.05, 0) is 77.0 Å². The van der Waals surface area contributed by atoms with Crippen LogP contribution < -0.4 is 4.74 Å². The molecule has 0 saturated heterocycles. The molecule has 1 heterocycles. The van der Waals surface area contributed by atoms with Crippen LogP contribution in [-0.4, -0.2) is 28.5 Å². The molecule has 0 bridgehead atoms. The largest absolute Gasteiger partial charge is 0.489 e. The first kappa shape index (κ1) is 21.8. The van der Waals surface area contributed by atoms with E-state index in [0.29, 0.717) is 30.0 Å². The number of nitrogens with zero attached hydrogens (tertiary/aromatic N) is 2.